The number of hydrogen-bond donors (Lipinski definition) is 2. The lowest BCUT2D eigenvalue weighted by atomic mass is 10.1. The number of ether oxygens (including phenoxy) is 2. The molecule has 0 bridgehead atoms. The van der Waals surface area contributed by atoms with Crippen LogP contribution >= 0.6 is 0 Å². The second kappa shape index (κ2) is 8.99. The van der Waals surface area contributed by atoms with Gasteiger partial charge in [0, 0.05) is 29.3 Å². The van der Waals surface area contributed by atoms with E-state index in [1.807, 2.05) is 0 Å². The van der Waals surface area contributed by atoms with Crippen LogP contribution in [-0.4, -0.2) is 31.0 Å². The number of hydrogen-bond acceptors (Lipinski definition) is 6. The summed E-state index contributed by atoms with van der Waals surface area (Å²) < 4.78 is 10.4. The summed E-state index contributed by atoms with van der Waals surface area (Å²) in [7, 11) is 2.99. The van der Waals surface area contributed by atoms with Crippen LogP contribution in [0.1, 0.15) is 15.9 Å². The zero-order valence-electron chi connectivity index (χ0n) is 14.6. The Morgan fingerprint density at radius 2 is 1.74 bits per heavy atom. The molecule has 9 nitrogen and oxygen atoms in total. The first kappa shape index (κ1) is 19.4. The third-order valence-electron chi connectivity index (χ3n) is 3.49. The summed E-state index contributed by atoms with van der Waals surface area (Å²) in [6, 6.07) is 10.2. The number of hydrazine groups is 1. The van der Waals surface area contributed by atoms with Crippen molar-refractivity contribution >= 4 is 23.6 Å². The Morgan fingerprint density at radius 1 is 1.04 bits per heavy atom. The fraction of sp³-hybridized carbons (Fsp3) is 0.111. The van der Waals surface area contributed by atoms with Gasteiger partial charge in [-0.15, -0.1) is 0 Å². The first-order valence-corrected chi connectivity index (χ1v) is 7.70. The minimum Gasteiger partial charge on any atom is -0.493 e. The van der Waals surface area contributed by atoms with Crippen molar-refractivity contribution in [3.63, 3.8) is 0 Å². The minimum atomic E-state index is -0.606. The van der Waals surface area contributed by atoms with Gasteiger partial charge >= 0.3 is 0 Å². The lowest BCUT2D eigenvalue weighted by Crippen LogP contribution is -2.40. The molecule has 0 aliphatic carbocycles. The van der Waals surface area contributed by atoms with Crippen molar-refractivity contribution in [2.24, 2.45) is 0 Å². The van der Waals surface area contributed by atoms with Gasteiger partial charge in [-0.3, -0.25) is 30.6 Å². The van der Waals surface area contributed by atoms with Gasteiger partial charge in [-0.25, -0.2) is 0 Å². The molecule has 0 radical (unpaired) electrons. The second-order valence-electron chi connectivity index (χ2n) is 5.16. The second-order valence-corrected chi connectivity index (χ2v) is 5.16. The smallest absolute Gasteiger partial charge is 0.269 e. The van der Waals surface area contributed by atoms with Crippen molar-refractivity contribution in [2.45, 2.75) is 0 Å². The summed E-state index contributed by atoms with van der Waals surface area (Å²) in [5, 5.41) is 10.6. The summed E-state index contributed by atoms with van der Waals surface area (Å²) in [5.74, 6) is -0.189. The van der Waals surface area contributed by atoms with Crippen LogP contribution in [-0.2, 0) is 4.79 Å². The van der Waals surface area contributed by atoms with E-state index in [0.29, 0.717) is 17.1 Å². The van der Waals surface area contributed by atoms with E-state index < -0.39 is 16.7 Å². The number of rotatable bonds is 6. The average Bonchev–Trinajstić information content (AvgIpc) is 2.69. The Morgan fingerprint density at radius 3 is 2.33 bits per heavy atom. The maximum Gasteiger partial charge on any atom is 0.269 e. The molecule has 0 heterocycles. The SMILES string of the molecule is COc1cccc(/C=C/C(=O)NNC(=O)c2ccc([N+](=O)[O-])cc2)c1OC. The predicted octanol–water partition coefficient (Wildman–Crippen LogP) is 2.09. The van der Waals surface area contributed by atoms with Crippen molar-refractivity contribution in [3.8, 4) is 11.5 Å². The van der Waals surface area contributed by atoms with E-state index in [9.17, 15) is 19.7 Å². The molecule has 140 valence electrons. The standard InChI is InChI=1S/C18H17N3O6/c1-26-15-5-3-4-12(17(15)27-2)8-11-16(22)19-20-18(23)13-6-9-14(10-7-13)21(24)25/h3-11H,1-2H3,(H,19,22)(H,20,23)/b11-8+. The normalized spacial score (nSPS) is 10.3. The highest BCUT2D eigenvalue weighted by molar-refractivity contribution is 5.98. The molecule has 27 heavy (non-hydrogen) atoms. The van der Waals surface area contributed by atoms with Crippen molar-refractivity contribution in [1.82, 2.24) is 10.9 Å². The Labute approximate surface area is 154 Å². The number of carbonyl (C=O) groups excluding carboxylic acids is 2. The number of benzene rings is 2. The van der Waals surface area contributed by atoms with E-state index in [4.69, 9.17) is 9.47 Å². The van der Waals surface area contributed by atoms with E-state index in [1.165, 1.54) is 50.6 Å². The van der Waals surface area contributed by atoms with Gasteiger partial charge in [-0.05, 0) is 24.3 Å². The van der Waals surface area contributed by atoms with E-state index in [-0.39, 0.29) is 11.3 Å². The topological polar surface area (TPSA) is 120 Å². The molecule has 0 aromatic heterocycles. The number of nitrogens with one attached hydrogen (secondary N) is 2. The van der Waals surface area contributed by atoms with Gasteiger partial charge in [0.25, 0.3) is 17.5 Å². The molecular weight excluding hydrogens is 354 g/mol. The number of carbonyl (C=O) groups is 2. The number of para-hydroxylation sites is 1. The summed E-state index contributed by atoms with van der Waals surface area (Å²) in [5.41, 5.74) is 5.09. The zero-order valence-corrected chi connectivity index (χ0v) is 14.6. The predicted molar refractivity (Wildman–Crippen MR) is 97.3 cm³/mol. The van der Waals surface area contributed by atoms with Gasteiger partial charge in [0.2, 0.25) is 0 Å². The molecule has 0 unspecified atom stereocenters. The lowest BCUT2D eigenvalue weighted by molar-refractivity contribution is -0.384. The van der Waals surface area contributed by atoms with E-state index in [0.717, 1.165) is 0 Å². The van der Waals surface area contributed by atoms with Crippen LogP contribution in [0.4, 0.5) is 5.69 Å². The minimum absolute atomic E-state index is 0.134. The Kier molecular flexibility index (Phi) is 6.48. The third kappa shape index (κ3) is 5.05. The molecule has 0 saturated carbocycles. The quantitative estimate of drug-likeness (QED) is 0.456. The van der Waals surface area contributed by atoms with E-state index in [2.05, 4.69) is 10.9 Å². The van der Waals surface area contributed by atoms with Crippen LogP contribution < -0.4 is 20.3 Å². The first-order valence-electron chi connectivity index (χ1n) is 7.70. The molecule has 2 N–H and O–H groups in total. The van der Waals surface area contributed by atoms with Crippen molar-refractivity contribution in [1.29, 1.82) is 0 Å². The van der Waals surface area contributed by atoms with Crippen LogP contribution in [0.2, 0.25) is 0 Å². The third-order valence-corrected chi connectivity index (χ3v) is 3.49. The largest absolute Gasteiger partial charge is 0.493 e. The molecule has 2 aromatic rings. The summed E-state index contributed by atoms with van der Waals surface area (Å²) in [6.07, 6.45) is 2.72. The van der Waals surface area contributed by atoms with Crippen LogP contribution in [0.25, 0.3) is 6.08 Å². The summed E-state index contributed by atoms with van der Waals surface area (Å²) in [4.78, 5) is 33.8. The number of nitro benzene ring substituents is 1. The summed E-state index contributed by atoms with van der Waals surface area (Å²) >= 11 is 0. The highest BCUT2D eigenvalue weighted by Gasteiger charge is 2.10. The molecule has 2 aromatic carbocycles. The molecule has 0 spiro atoms. The van der Waals surface area contributed by atoms with Crippen molar-refractivity contribution in [3.05, 3.63) is 69.8 Å². The number of amides is 2. The van der Waals surface area contributed by atoms with Crippen LogP contribution in [0, 0.1) is 10.1 Å². The van der Waals surface area contributed by atoms with Crippen LogP contribution in [0.15, 0.2) is 48.5 Å². The fourth-order valence-electron chi connectivity index (χ4n) is 2.18. The van der Waals surface area contributed by atoms with Gasteiger partial charge in [0.15, 0.2) is 11.5 Å². The highest BCUT2D eigenvalue weighted by Crippen LogP contribution is 2.31. The lowest BCUT2D eigenvalue weighted by Gasteiger charge is -2.10. The zero-order chi connectivity index (χ0) is 19.8. The maximum atomic E-state index is 11.9. The van der Waals surface area contributed by atoms with Crippen molar-refractivity contribution < 1.29 is 24.0 Å². The number of methoxy groups -OCH3 is 2. The molecule has 2 amide bonds. The molecule has 9 heteroatoms. The number of nitro groups is 1. The monoisotopic (exact) mass is 371 g/mol. The number of nitrogens with zero attached hydrogens (tertiary/aromatic N) is 1. The van der Waals surface area contributed by atoms with Gasteiger partial charge < -0.3 is 9.47 Å². The Bertz CT molecular complexity index is 877. The molecule has 0 aliphatic rings. The average molecular weight is 371 g/mol. The van der Waals surface area contributed by atoms with Gasteiger partial charge in [-0.1, -0.05) is 12.1 Å². The first-order chi connectivity index (χ1) is 13.0. The molecule has 0 saturated heterocycles. The van der Waals surface area contributed by atoms with Crippen LogP contribution in [0.3, 0.4) is 0 Å². The van der Waals surface area contributed by atoms with E-state index >= 15 is 0 Å². The molecular formula is C18H17N3O6. The van der Waals surface area contributed by atoms with Gasteiger partial charge in [0.05, 0.1) is 19.1 Å². The van der Waals surface area contributed by atoms with Crippen LogP contribution in [0.5, 0.6) is 11.5 Å². The summed E-state index contributed by atoms with van der Waals surface area (Å²) in [6.45, 7) is 0. The van der Waals surface area contributed by atoms with Gasteiger partial charge in [0.1, 0.15) is 0 Å². The number of non-ortho nitro benzene ring substituents is 1. The van der Waals surface area contributed by atoms with Gasteiger partial charge in [-0.2, -0.15) is 0 Å². The Hall–Kier alpha value is -3.88. The molecule has 0 atom stereocenters. The van der Waals surface area contributed by atoms with Crippen molar-refractivity contribution in [2.75, 3.05) is 14.2 Å². The highest BCUT2D eigenvalue weighted by atomic mass is 16.6. The molecule has 2 rings (SSSR count). The van der Waals surface area contributed by atoms with E-state index in [1.54, 1.807) is 18.2 Å². The maximum absolute atomic E-state index is 11.9. The molecule has 0 fully saturated rings. The molecule has 0 aliphatic heterocycles. The fourth-order valence-corrected chi connectivity index (χ4v) is 2.18. The Balaban J connectivity index is 1.97.